The summed E-state index contributed by atoms with van der Waals surface area (Å²) < 4.78 is 10.4. The number of rotatable bonds is 5. The number of nitrogens with zero attached hydrogens (tertiary/aromatic N) is 1. The number of amides is 1. The SMILES string of the molecule is COc1ccc(NC(=O)COc2ccc(C#N)cc2)cc1. The molecule has 0 bridgehead atoms. The minimum atomic E-state index is -0.260. The summed E-state index contributed by atoms with van der Waals surface area (Å²) in [6, 6.07) is 15.6. The predicted octanol–water partition coefficient (Wildman–Crippen LogP) is 2.58. The van der Waals surface area contributed by atoms with Crippen molar-refractivity contribution in [2.75, 3.05) is 19.0 Å². The van der Waals surface area contributed by atoms with Crippen LogP contribution in [-0.4, -0.2) is 19.6 Å². The highest BCUT2D eigenvalue weighted by atomic mass is 16.5. The third kappa shape index (κ3) is 4.25. The van der Waals surface area contributed by atoms with E-state index < -0.39 is 0 Å². The number of nitriles is 1. The predicted molar refractivity (Wildman–Crippen MR) is 78.3 cm³/mol. The molecule has 5 heteroatoms. The Kier molecular flexibility index (Phi) is 4.78. The molecule has 2 aromatic rings. The van der Waals surface area contributed by atoms with Gasteiger partial charge < -0.3 is 14.8 Å². The topological polar surface area (TPSA) is 71.3 Å². The number of hydrogen-bond donors (Lipinski definition) is 1. The lowest BCUT2D eigenvalue weighted by atomic mass is 10.2. The summed E-state index contributed by atoms with van der Waals surface area (Å²) in [5, 5.41) is 11.4. The van der Waals surface area contributed by atoms with Crippen LogP contribution in [0, 0.1) is 11.3 Å². The van der Waals surface area contributed by atoms with Gasteiger partial charge in [-0.15, -0.1) is 0 Å². The van der Waals surface area contributed by atoms with Crippen LogP contribution in [-0.2, 0) is 4.79 Å². The van der Waals surface area contributed by atoms with E-state index >= 15 is 0 Å². The van der Waals surface area contributed by atoms with Crippen molar-refractivity contribution in [3.05, 3.63) is 54.1 Å². The number of ether oxygens (including phenoxy) is 2. The first kappa shape index (κ1) is 14.4. The Balaban J connectivity index is 1.84. The number of carbonyl (C=O) groups excluding carboxylic acids is 1. The van der Waals surface area contributed by atoms with Gasteiger partial charge in [-0.1, -0.05) is 0 Å². The maximum absolute atomic E-state index is 11.7. The van der Waals surface area contributed by atoms with Gasteiger partial charge in [0.2, 0.25) is 0 Å². The molecule has 2 aromatic carbocycles. The van der Waals surface area contributed by atoms with Crippen LogP contribution in [0.3, 0.4) is 0 Å². The van der Waals surface area contributed by atoms with E-state index in [0.717, 1.165) is 5.75 Å². The number of hydrogen-bond acceptors (Lipinski definition) is 4. The highest BCUT2D eigenvalue weighted by Crippen LogP contribution is 2.15. The summed E-state index contributed by atoms with van der Waals surface area (Å²) in [5.74, 6) is 1.00. The molecule has 0 saturated carbocycles. The largest absolute Gasteiger partial charge is 0.497 e. The van der Waals surface area contributed by atoms with Crippen LogP contribution in [0.1, 0.15) is 5.56 Å². The molecule has 1 amide bonds. The van der Waals surface area contributed by atoms with E-state index in [1.165, 1.54) is 0 Å². The van der Waals surface area contributed by atoms with Crippen LogP contribution in [0.15, 0.2) is 48.5 Å². The molecule has 0 radical (unpaired) electrons. The fourth-order valence-electron chi connectivity index (χ4n) is 1.65. The molecule has 0 heterocycles. The molecule has 0 atom stereocenters. The van der Waals surface area contributed by atoms with Gasteiger partial charge in [-0.2, -0.15) is 5.26 Å². The molecule has 0 aliphatic heterocycles. The molecular formula is C16H14N2O3. The van der Waals surface area contributed by atoms with Crippen molar-refractivity contribution in [2.45, 2.75) is 0 Å². The summed E-state index contributed by atoms with van der Waals surface area (Å²) in [6.45, 7) is -0.0993. The molecule has 5 nitrogen and oxygen atoms in total. The first-order valence-electron chi connectivity index (χ1n) is 6.28. The fourth-order valence-corrected chi connectivity index (χ4v) is 1.65. The van der Waals surface area contributed by atoms with E-state index in [2.05, 4.69) is 5.32 Å². The Hall–Kier alpha value is -3.00. The normalized spacial score (nSPS) is 9.52. The lowest BCUT2D eigenvalue weighted by Crippen LogP contribution is -2.20. The summed E-state index contributed by atoms with van der Waals surface area (Å²) in [6.07, 6.45) is 0. The number of nitrogens with one attached hydrogen (secondary N) is 1. The summed E-state index contributed by atoms with van der Waals surface area (Å²) in [4.78, 5) is 11.7. The molecule has 106 valence electrons. The third-order valence-corrected chi connectivity index (χ3v) is 2.73. The smallest absolute Gasteiger partial charge is 0.262 e. The molecule has 1 N–H and O–H groups in total. The van der Waals surface area contributed by atoms with E-state index in [1.54, 1.807) is 55.6 Å². The van der Waals surface area contributed by atoms with Gasteiger partial charge in [-0.05, 0) is 48.5 Å². The van der Waals surface area contributed by atoms with Crippen LogP contribution in [0.5, 0.6) is 11.5 Å². The van der Waals surface area contributed by atoms with Gasteiger partial charge in [0, 0.05) is 5.69 Å². The van der Waals surface area contributed by atoms with Crippen LogP contribution in [0.4, 0.5) is 5.69 Å². The van der Waals surface area contributed by atoms with Gasteiger partial charge in [0.05, 0.1) is 18.7 Å². The molecule has 0 aromatic heterocycles. The van der Waals surface area contributed by atoms with Gasteiger partial charge in [0.25, 0.3) is 5.91 Å². The van der Waals surface area contributed by atoms with Crippen molar-refractivity contribution in [1.29, 1.82) is 5.26 Å². The minimum absolute atomic E-state index is 0.0993. The average molecular weight is 282 g/mol. The highest BCUT2D eigenvalue weighted by Gasteiger charge is 2.04. The second-order valence-corrected chi connectivity index (χ2v) is 4.20. The molecule has 2 rings (SSSR count). The molecule has 0 aliphatic rings. The Bertz CT molecular complexity index is 643. The molecule has 0 fully saturated rings. The van der Waals surface area contributed by atoms with E-state index in [-0.39, 0.29) is 12.5 Å². The van der Waals surface area contributed by atoms with Gasteiger partial charge in [-0.25, -0.2) is 0 Å². The highest BCUT2D eigenvalue weighted by molar-refractivity contribution is 5.91. The first-order chi connectivity index (χ1) is 10.2. The summed E-state index contributed by atoms with van der Waals surface area (Å²) in [5.41, 5.74) is 1.22. The van der Waals surface area contributed by atoms with Crippen molar-refractivity contribution in [3.63, 3.8) is 0 Å². The average Bonchev–Trinajstić information content (AvgIpc) is 2.54. The van der Waals surface area contributed by atoms with Gasteiger partial charge in [0.1, 0.15) is 11.5 Å². The molecular weight excluding hydrogens is 268 g/mol. The fraction of sp³-hybridized carbons (Fsp3) is 0.125. The van der Waals surface area contributed by atoms with Crippen LogP contribution < -0.4 is 14.8 Å². The first-order valence-corrected chi connectivity index (χ1v) is 6.28. The summed E-state index contributed by atoms with van der Waals surface area (Å²) >= 11 is 0. The lowest BCUT2D eigenvalue weighted by molar-refractivity contribution is -0.118. The van der Waals surface area contributed by atoms with Crippen molar-refractivity contribution < 1.29 is 14.3 Å². The molecule has 21 heavy (non-hydrogen) atoms. The maximum Gasteiger partial charge on any atom is 0.262 e. The maximum atomic E-state index is 11.7. The van der Waals surface area contributed by atoms with Crippen molar-refractivity contribution in [2.24, 2.45) is 0 Å². The Morgan fingerprint density at radius 2 is 1.71 bits per heavy atom. The zero-order valence-electron chi connectivity index (χ0n) is 11.5. The standard InChI is InChI=1S/C16H14N2O3/c1-20-14-8-4-13(5-9-14)18-16(19)11-21-15-6-2-12(10-17)3-7-15/h2-9H,11H2,1H3,(H,18,19). The number of anilines is 1. The minimum Gasteiger partial charge on any atom is -0.497 e. The Morgan fingerprint density at radius 3 is 2.29 bits per heavy atom. The zero-order valence-corrected chi connectivity index (χ0v) is 11.5. The molecule has 0 aliphatic carbocycles. The third-order valence-electron chi connectivity index (χ3n) is 2.73. The second-order valence-electron chi connectivity index (χ2n) is 4.20. The summed E-state index contributed by atoms with van der Waals surface area (Å²) in [7, 11) is 1.58. The van der Waals surface area contributed by atoms with Crippen molar-refractivity contribution in [3.8, 4) is 17.6 Å². The van der Waals surface area contributed by atoms with Gasteiger partial charge >= 0.3 is 0 Å². The van der Waals surface area contributed by atoms with E-state index in [4.69, 9.17) is 14.7 Å². The van der Waals surface area contributed by atoms with Crippen LogP contribution >= 0.6 is 0 Å². The number of methoxy groups -OCH3 is 1. The molecule has 0 spiro atoms. The van der Waals surface area contributed by atoms with Gasteiger partial charge in [-0.3, -0.25) is 4.79 Å². The van der Waals surface area contributed by atoms with Crippen molar-refractivity contribution in [1.82, 2.24) is 0 Å². The molecule has 0 unspecified atom stereocenters. The Morgan fingerprint density at radius 1 is 1.10 bits per heavy atom. The quantitative estimate of drug-likeness (QED) is 0.915. The van der Waals surface area contributed by atoms with Crippen molar-refractivity contribution >= 4 is 11.6 Å². The number of benzene rings is 2. The van der Waals surface area contributed by atoms with Crippen LogP contribution in [0.2, 0.25) is 0 Å². The van der Waals surface area contributed by atoms with E-state index in [9.17, 15) is 4.79 Å². The van der Waals surface area contributed by atoms with E-state index in [1.807, 2.05) is 6.07 Å². The monoisotopic (exact) mass is 282 g/mol. The van der Waals surface area contributed by atoms with Gasteiger partial charge in [0.15, 0.2) is 6.61 Å². The zero-order chi connectivity index (χ0) is 15.1. The lowest BCUT2D eigenvalue weighted by Gasteiger charge is -2.08. The Labute approximate surface area is 122 Å². The van der Waals surface area contributed by atoms with Crippen LogP contribution in [0.25, 0.3) is 0 Å². The second kappa shape index (κ2) is 6.96. The number of carbonyl (C=O) groups is 1. The van der Waals surface area contributed by atoms with E-state index in [0.29, 0.717) is 17.0 Å². The molecule has 0 saturated heterocycles.